The van der Waals surface area contributed by atoms with E-state index in [9.17, 15) is 4.79 Å². The van der Waals surface area contributed by atoms with Crippen LogP contribution in [0.25, 0.3) is 0 Å². The Morgan fingerprint density at radius 3 is 2.90 bits per heavy atom. The Balaban J connectivity index is 1.65. The van der Waals surface area contributed by atoms with Crippen molar-refractivity contribution in [1.82, 2.24) is 10.2 Å². The third kappa shape index (κ3) is 5.70. The molecule has 0 radical (unpaired) electrons. The molecule has 1 N–H and O–H groups in total. The molecular formula is C17H30N2O2. The molecule has 2 rings (SSSR count). The standard InChI is InChI=1S/C17H30N2O2/c1-17(2,3)21-16(20)19-12-10-15(13-19)18-11-9-14-7-5-4-6-8-14/h7,15,18H,4-6,8-13H2,1-3H3. The fourth-order valence-electron chi connectivity index (χ4n) is 2.99. The molecule has 4 nitrogen and oxygen atoms in total. The second-order valence-electron chi connectivity index (χ2n) is 7.22. The molecule has 21 heavy (non-hydrogen) atoms. The van der Waals surface area contributed by atoms with Gasteiger partial charge in [-0.05, 0) is 65.8 Å². The number of allylic oxidation sites excluding steroid dienone is 1. The Bertz CT molecular complexity index is 385. The van der Waals surface area contributed by atoms with Crippen molar-refractivity contribution in [2.75, 3.05) is 19.6 Å². The van der Waals surface area contributed by atoms with Gasteiger partial charge in [0.05, 0.1) is 0 Å². The molecule has 0 aromatic heterocycles. The zero-order valence-corrected chi connectivity index (χ0v) is 13.8. The number of ether oxygens (including phenoxy) is 1. The van der Waals surface area contributed by atoms with Crippen LogP contribution in [-0.4, -0.2) is 42.3 Å². The zero-order valence-electron chi connectivity index (χ0n) is 13.8. The van der Waals surface area contributed by atoms with Crippen molar-refractivity contribution in [1.29, 1.82) is 0 Å². The SMILES string of the molecule is CC(C)(C)OC(=O)N1CCC(NCCC2=CCCCC2)C1. The smallest absolute Gasteiger partial charge is 0.410 e. The van der Waals surface area contributed by atoms with Crippen molar-refractivity contribution in [2.24, 2.45) is 0 Å². The van der Waals surface area contributed by atoms with Crippen molar-refractivity contribution < 1.29 is 9.53 Å². The number of nitrogens with zero attached hydrogens (tertiary/aromatic N) is 1. The minimum atomic E-state index is -0.407. The maximum absolute atomic E-state index is 12.0. The van der Waals surface area contributed by atoms with Crippen LogP contribution in [0.3, 0.4) is 0 Å². The van der Waals surface area contributed by atoms with E-state index in [0.29, 0.717) is 6.04 Å². The summed E-state index contributed by atoms with van der Waals surface area (Å²) >= 11 is 0. The summed E-state index contributed by atoms with van der Waals surface area (Å²) in [5.41, 5.74) is 1.20. The van der Waals surface area contributed by atoms with Gasteiger partial charge in [0.1, 0.15) is 5.60 Å². The summed E-state index contributed by atoms with van der Waals surface area (Å²) in [6.45, 7) is 8.33. The van der Waals surface area contributed by atoms with Gasteiger partial charge in [-0.3, -0.25) is 0 Å². The summed E-state index contributed by atoms with van der Waals surface area (Å²) in [7, 11) is 0. The largest absolute Gasteiger partial charge is 0.444 e. The fraction of sp³-hybridized carbons (Fsp3) is 0.824. The predicted molar refractivity (Wildman–Crippen MR) is 85.4 cm³/mol. The lowest BCUT2D eigenvalue weighted by Gasteiger charge is -2.24. The molecule has 1 unspecified atom stereocenters. The summed E-state index contributed by atoms with van der Waals surface area (Å²) in [6.07, 6.45) is 9.64. The molecule has 4 heteroatoms. The van der Waals surface area contributed by atoms with E-state index in [1.54, 1.807) is 5.57 Å². The first kappa shape index (κ1) is 16.3. The molecule has 0 aromatic rings. The molecule has 0 bridgehead atoms. The predicted octanol–water partition coefficient (Wildman–Crippen LogP) is 3.48. The molecule has 0 aromatic carbocycles. The molecule has 1 heterocycles. The second kappa shape index (κ2) is 7.30. The number of carbonyl (C=O) groups excluding carboxylic acids is 1. The van der Waals surface area contributed by atoms with Crippen LogP contribution in [0.5, 0.6) is 0 Å². The Labute approximate surface area is 128 Å². The Kier molecular flexibility index (Phi) is 5.68. The van der Waals surface area contributed by atoms with Crippen LogP contribution in [0, 0.1) is 0 Å². The third-order valence-corrected chi connectivity index (χ3v) is 4.10. The minimum Gasteiger partial charge on any atom is -0.444 e. The van der Waals surface area contributed by atoms with E-state index >= 15 is 0 Å². The minimum absolute atomic E-state index is 0.179. The first-order valence-corrected chi connectivity index (χ1v) is 8.33. The van der Waals surface area contributed by atoms with E-state index in [4.69, 9.17) is 4.74 Å². The van der Waals surface area contributed by atoms with Crippen LogP contribution in [0.1, 0.15) is 59.3 Å². The number of likely N-dealkylation sites (tertiary alicyclic amines) is 1. The highest BCUT2D eigenvalue weighted by Gasteiger charge is 2.29. The normalized spacial score (nSPS) is 23.1. The van der Waals surface area contributed by atoms with E-state index < -0.39 is 5.60 Å². The average Bonchev–Trinajstić information content (AvgIpc) is 2.87. The molecule has 1 saturated heterocycles. The van der Waals surface area contributed by atoms with Gasteiger partial charge >= 0.3 is 6.09 Å². The molecule has 1 aliphatic heterocycles. The number of amides is 1. The summed E-state index contributed by atoms with van der Waals surface area (Å²) in [4.78, 5) is 13.8. The highest BCUT2D eigenvalue weighted by atomic mass is 16.6. The average molecular weight is 294 g/mol. The van der Waals surface area contributed by atoms with Gasteiger partial charge < -0.3 is 15.0 Å². The monoisotopic (exact) mass is 294 g/mol. The van der Waals surface area contributed by atoms with Crippen molar-refractivity contribution in [3.05, 3.63) is 11.6 Å². The lowest BCUT2D eigenvalue weighted by atomic mass is 9.97. The number of carbonyl (C=O) groups is 1. The van der Waals surface area contributed by atoms with E-state index in [0.717, 1.165) is 32.5 Å². The number of hydrogen-bond donors (Lipinski definition) is 1. The van der Waals surface area contributed by atoms with E-state index in [1.807, 2.05) is 25.7 Å². The van der Waals surface area contributed by atoms with E-state index in [2.05, 4.69) is 11.4 Å². The maximum Gasteiger partial charge on any atom is 0.410 e. The summed E-state index contributed by atoms with van der Waals surface area (Å²) < 4.78 is 5.42. The quantitative estimate of drug-likeness (QED) is 0.807. The molecule has 2 aliphatic rings. The van der Waals surface area contributed by atoms with Gasteiger partial charge in [0, 0.05) is 19.1 Å². The van der Waals surface area contributed by atoms with Crippen molar-refractivity contribution in [3.8, 4) is 0 Å². The molecule has 0 saturated carbocycles. The summed E-state index contributed by atoms with van der Waals surface area (Å²) in [5.74, 6) is 0. The number of nitrogens with one attached hydrogen (secondary N) is 1. The molecule has 120 valence electrons. The molecule has 1 fully saturated rings. The van der Waals surface area contributed by atoms with Gasteiger partial charge in [-0.15, -0.1) is 0 Å². The maximum atomic E-state index is 12.0. The Hall–Kier alpha value is -1.03. The van der Waals surface area contributed by atoms with Crippen LogP contribution in [-0.2, 0) is 4.74 Å². The van der Waals surface area contributed by atoms with E-state index in [-0.39, 0.29) is 6.09 Å². The molecule has 0 spiro atoms. The number of hydrogen-bond acceptors (Lipinski definition) is 3. The van der Waals surface area contributed by atoms with E-state index in [1.165, 1.54) is 25.7 Å². The van der Waals surface area contributed by atoms with Crippen LogP contribution in [0.2, 0.25) is 0 Å². The lowest BCUT2D eigenvalue weighted by Crippen LogP contribution is -2.38. The number of rotatable bonds is 4. The van der Waals surface area contributed by atoms with Gasteiger partial charge in [-0.1, -0.05) is 11.6 Å². The molecule has 1 amide bonds. The first-order chi connectivity index (χ1) is 9.94. The van der Waals surface area contributed by atoms with Crippen LogP contribution < -0.4 is 5.32 Å². The van der Waals surface area contributed by atoms with Crippen LogP contribution in [0.4, 0.5) is 4.79 Å². The van der Waals surface area contributed by atoms with Gasteiger partial charge in [-0.25, -0.2) is 4.79 Å². The van der Waals surface area contributed by atoms with Gasteiger partial charge in [0.15, 0.2) is 0 Å². The molecule has 1 atom stereocenters. The fourth-order valence-corrected chi connectivity index (χ4v) is 2.99. The Morgan fingerprint density at radius 2 is 2.24 bits per heavy atom. The summed E-state index contributed by atoms with van der Waals surface area (Å²) in [6, 6.07) is 0.418. The lowest BCUT2D eigenvalue weighted by molar-refractivity contribution is 0.0291. The van der Waals surface area contributed by atoms with Gasteiger partial charge in [0.2, 0.25) is 0 Å². The molecule has 1 aliphatic carbocycles. The topological polar surface area (TPSA) is 41.6 Å². The van der Waals surface area contributed by atoms with Crippen molar-refractivity contribution >= 4 is 6.09 Å². The highest BCUT2D eigenvalue weighted by molar-refractivity contribution is 5.68. The van der Waals surface area contributed by atoms with Gasteiger partial charge in [0.25, 0.3) is 0 Å². The van der Waals surface area contributed by atoms with Crippen LogP contribution >= 0.6 is 0 Å². The Morgan fingerprint density at radius 1 is 1.43 bits per heavy atom. The van der Waals surface area contributed by atoms with Crippen LogP contribution in [0.15, 0.2) is 11.6 Å². The second-order valence-corrected chi connectivity index (χ2v) is 7.22. The third-order valence-electron chi connectivity index (χ3n) is 4.10. The first-order valence-electron chi connectivity index (χ1n) is 8.33. The zero-order chi connectivity index (χ0) is 15.3. The van der Waals surface area contributed by atoms with Crippen molar-refractivity contribution in [3.63, 3.8) is 0 Å². The summed E-state index contributed by atoms with van der Waals surface area (Å²) in [5, 5.41) is 3.59. The van der Waals surface area contributed by atoms with Gasteiger partial charge in [-0.2, -0.15) is 0 Å². The van der Waals surface area contributed by atoms with Crippen molar-refractivity contribution in [2.45, 2.75) is 70.9 Å². The highest BCUT2D eigenvalue weighted by Crippen LogP contribution is 2.20. The molecular weight excluding hydrogens is 264 g/mol.